The second kappa shape index (κ2) is 6.53. The molecule has 0 unspecified atom stereocenters. The molecule has 7 rings (SSSR count). The van der Waals surface area contributed by atoms with Gasteiger partial charge in [-0.2, -0.15) is 4.98 Å². The van der Waals surface area contributed by atoms with Crippen molar-refractivity contribution in [1.29, 1.82) is 0 Å². The molecule has 0 fully saturated rings. The molecule has 32 heavy (non-hydrogen) atoms. The number of fused-ring (bicyclic) bond motifs is 6. The second-order valence-electron chi connectivity index (χ2n) is 7.88. The van der Waals surface area contributed by atoms with E-state index >= 15 is 0 Å². The van der Waals surface area contributed by atoms with Crippen molar-refractivity contribution < 1.29 is 4.42 Å². The van der Waals surface area contributed by atoms with Gasteiger partial charge in [0.2, 0.25) is 5.71 Å². The van der Waals surface area contributed by atoms with Gasteiger partial charge in [0.1, 0.15) is 5.58 Å². The van der Waals surface area contributed by atoms with Gasteiger partial charge in [-0.15, -0.1) is 0 Å². The molecule has 0 atom stereocenters. The van der Waals surface area contributed by atoms with Crippen LogP contribution in [0.15, 0.2) is 108 Å². The molecule has 4 aromatic carbocycles. The molecule has 0 spiro atoms. The molecule has 4 heteroatoms. The molecule has 0 saturated carbocycles. The van der Waals surface area contributed by atoms with Gasteiger partial charge in [-0.1, -0.05) is 84.9 Å². The van der Waals surface area contributed by atoms with Gasteiger partial charge in [-0.3, -0.25) is 4.57 Å². The highest BCUT2D eigenvalue weighted by Crippen LogP contribution is 2.37. The summed E-state index contributed by atoms with van der Waals surface area (Å²) >= 11 is 0. The fraction of sp³-hybridized carbons (Fsp3) is 0. The second-order valence-corrected chi connectivity index (χ2v) is 7.88. The molecule has 0 saturated heterocycles. The van der Waals surface area contributed by atoms with Crippen LogP contribution < -0.4 is 0 Å². The van der Waals surface area contributed by atoms with Crippen molar-refractivity contribution in [3.63, 3.8) is 0 Å². The largest absolute Gasteiger partial charge is 0.437 e. The summed E-state index contributed by atoms with van der Waals surface area (Å²) in [5.41, 5.74) is 4.58. The molecule has 3 heterocycles. The van der Waals surface area contributed by atoms with Crippen LogP contribution >= 0.6 is 0 Å². The average Bonchev–Trinajstić information content (AvgIpc) is 3.40. The van der Waals surface area contributed by atoms with Gasteiger partial charge < -0.3 is 4.42 Å². The predicted molar refractivity (Wildman–Crippen MR) is 129 cm³/mol. The van der Waals surface area contributed by atoms with Gasteiger partial charge in [0.25, 0.3) is 0 Å². The molecule has 3 aromatic heterocycles. The lowest BCUT2D eigenvalue weighted by molar-refractivity contribution is 0.653. The van der Waals surface area contributed by atoms with Crippen molar-refractivity contribution in [2.45, 2.75) is 0 Å². The van der Waals surface area contributed by atoms with Crippen LogP contribution in [0.3, 0.4) is 0 Å². The van der Waals surface area contributed by atoms with E-state index < -0.39 is 0 Å². The van der Waals surface area contributed by atoms with Crippen molar-refractivity contribution in [2.24, 2.45) is 0 Å². The van der Waals surface area contributed by atoms with E-state index in [1.54, 1.807) is 0 Å². The van der Waals surface area contributed by atoms with Crippen molar-refractivity contribution in [1.82, 2.24) is 14.5 Å². The normalized spacial score (nSPS) is 11.8. The Labute approximate surface area is 183 Å². The lowest BCUT2D eigenvalue weighted by Gasteiger charge is -2.10. The summed E-state index contributed by atoms with van der Waals surface area (Å²) in [6.45, 7) is 0. The number of nitrogens with zero attached hydrogens (tertiary/aromatic N) is 3. The van der Waals surface area contributed by atoms with Crippen molar-refractivity contribution >= 4 is 43.9 Å². The number of rotatable bonds is 2. The maximum Gasteiger partial charge on any atom is 0.233 e. The fourth-order valence-electron chi connectivity index (χ4n) is 4.63. The van der Waals surface area contributed by atoms with Crippen LogP contribution in [0.25, 0.3) is 61.1 Å². The number of benzene rings is 4. The molecule has 0 N–H and O–H groups in total. The maximum atomic E-state index is 6.21. The van der Waals surface area contributed by atoms with Crippen molar-refractivity contribution in [3.8, 4) is 17.2 Å². The van der Waals surface area contributed by atoms with Gasteiger partial charge in [-0.05, 0) is 18.2 Å². The lowest BCUT2D eigenvalue weighted by Crippen LogP contribution is -2.01. The lowest BCUT2D eigenvalue weighted by atomic mass is 10.1. The molecular weight excluding hydrogens is 394 g/mol. The molecule has 0 radical (unpaired) electrons. The van der Waals surface area contributed by atoms with Crippen LogP contribution in [0.2, 0.25) is 0 Å². The third-order valence-corrected chi connectivity index (χ3v) is 6.04. The Balaban J connectivity index is 1.70. The molecule has 4 nitrogen and oxygen atoms in total. The topological polar surface area (TPSA) is 43.9 Å². The minimum absolute atomic E-state index is 0.594. The zero-order valence-corrected chi connectivity index (χ0v) is 17.1. The number of aromatic nitrogens is 3. The molecule has 0 amide bonds. The summed E-state index contributed by atoms with van der Waals surface area (Å²) < 4.78 is 8.45. The van der Waals surface area contributed by atoms with Crippen LogP contribution in [0.4, 0.5) is 0 Å². The Morgan fingerprint density at radius 3 is 1.88 bits per heavy atom. The Bertz CT molecular complexity index is 1720. The highest BCUT2D eigenvalue weighted by atomic mass is 16.3. The Morgan fingerprint density at radius 2 is 1.16 bits per heavy atom. The SMILES string of the molecule is c1ccc(-c2nc(-n3c4ccccc4c4ccccc43)c3c(n2)oc2ccccc23)cc1. The summed E-state index contributed by atoms with van der Waals surface area (Å²) in [6.07, 6.45) is 0. The highest BCUT2D eigenvalue weighted by molar-refractivity contribution is 6.13. The standard InChI is InChI=1S/C28H17N3O/c1-2-10-18(11-3-1)26-29-27(25-21-14-6-9-17-24(21)32-28(25)30-26)31-22-15-7-4-12-19(22)20-13-5-8-16-23(20)31/h1-17H. The first-order valence-electron chi connectivity index (χ1n) is 10.6. The molecule has 150 valence electrons. The van der Waals surface area contributed by atoms with E-state index in [0.29, 0.717) is 11.5 Å². The van der Waals surface area contributed by atoms with Gasteiger partial charge in [0.15, 0.2) is 11.6 Å². The molecular formula is C28H17N3O. The molecule has 0 aliphatic rings. The molecule has 7 aromatic rings. The Morgan fingerprint density at radius 1 is 0.562 bits per heavy atom. The van der Waals surface area contributed by atoms with Crippen molar-refractivity contribution in [2.75, 3.05) is 0 Å². The van der Waals surface area contributed by atoms with E-state index in [-0.39, 0.29) is 0 Å². The van der Waals surface area contributed by atoms with E-state index in [4.69, 9.17) is 14.4 Å². The van der Waals surface area contributed by atoms with E-state index in [0.717, 1.165) is 38.8 Å². The van der Waals surface area contributed by atoms with Crippen LogP contribution in [-0.2, 0) is 0 Å². The zero-order chi connectivity index (χ0) is 21.1. The molecule has 0 aliphatic heterocycles. The monoisotopic (exact) mass is 411 g/mol. The maximum absolute atomic E-state index is 6.21. The van der Waals surface area contributed by atoms with E-state index in [1.807, 2.05) is 48.5 Å². The molecule has 0 bridgehead atoms. The quantitative estimate of drug-likeness (QED) is 0.304. The molecule has 0 aliphatic carbocycles. The van der Waals surface area contributed by atoms with Gasteiger partial charge in [-0.25, -0.2) is 4.98 Å². The van der Waals surface area contributed by atoms with Crippen LogP contribution in [0.1, 0.15) is 0 Å². The van der Waals surface area contributed by atoms with Gasteiger partial charge in [0, 0.05) is 21.7 Å². The summed E-state index contributed by atoms with van der Waals surface area (Å²) in [7, 11) is 0. The zero-order valence-electron chi connectivity index (χ0n) is 17.1. The van der Waals surface area contributed by atoms with Gasteiger partial charge in [0.05, 0.1) is 16.4 Å². The van der Waals surface area contributed by atoms with E-state index in [1.165, 1.54) is 10.8 Å². The first-order valence-corrected chi connectivity index (χ1v) is 10.6. The summed E-state index contributed by atoms with van der Waals surface area (Å²) in [5.74, 6) is 1.48. The third-order valence-electron chi connectivity index (χ3n) is 6.04. The van der Waals surface area contributed by atoms with Crippen LogP contribution in [0, 0.1) is 0 Å². The summed E-state index contributed by atoms with van der Waals surface area (Å²) in [6, 6.07) is 35.0. The van der Waals surface area contributed by atoms with Crippen LogP contribution in [0.5, 0.6) is 0 Å². The van der Waals surface area contributed by atoms with Gasteiger partial charge >= 0.3 is 0 Å². The number of hydrogen-bond donors (Lipinski definition) is 0. The minimum atomic E-state index is 0.594. The van der Waals surface area contributed by atoms with E-state index in [9.17, 15) is 0 Å². The first-order chi connectivity index (χ1) is 15.9. The smallest absolute Gasteiger partial charge is 0.233 e. The highest BCUT2D eigenvalue weighted by Gasteiger charge is 2.21. The number of hydrogen-bond acceptors (Lipinski definition) is 3. The van der Waals surface area contributed by atoms with Crippen LogP contribution in [-0.4, -0.2) is 14.5 Å². The first kappa shape index (κ1) is 17.3. The predicted octanol–water partition coefficient (Wildman–Crippen LogP) is 7.14. The third kappa shape index (κ3) is 2.38. The Kier molecular flexibility index (Phi) is 3.52. The minimum Gasteiger partial charge on any atom is -0.437 e. The fourth-order valence-corrected chi connectivity index (χ4v) is 4.63. The van der Waals surface area contributed by atoms with E-state index in [2.05, 4.69) is 59.2 Å². The Hall–Kier alpha value is -4.44. The summed E-state index contributed by atoms with van der Waals surface area (Å²) in [5, 5.41) is 4.33. The number of furan rings is 1. The average molecular weight is 411 g/mol. The van der Waals surface area contributed by atoms with Crippen molar-refractivity contribution in [3.05, 3.63) is 103 Å². The number of para-hydroxylation sites is 3. The summed E-state index contributed by atoms with van der Waals surface area (Å²) in [4.78, 5) is 9.95.